The van der Waals surface area contributed by atoms with Crippen LogP contribution in [0.25, 0.3) is 0 Å². The molecule has 1 fully saturated rings. The van der Waals surface area contributed by atoms with Gasteiger partial charge >= 0.3 is 0 Å². The lowest BCUT2D eigenvalue weighted by molar-refractivity contribution is 0.245. The normalized spacial score (nSPS) is 17.8. The van der Waals surface area contributed by atoms with Gasteiger partial charge in [-0.25, -0.2) is 0 Å². The van der Waals surface area contributed by atoms with Crippen LogP contribution in [0.2, 0.25) is 0 Å². The lowest BCUT2D eigenvalue weighted by Crippen LogP contribution is -2.46. The molecule has 0 spiro atoms. The minimum atomic E-state index is 0.200. The molecular weight excluding hydrogens is 316 g/mol. The number of rotatable bonds is 7. The van der Waals surface area contributed by atoms with Gasteiger partial charge in [-0.1, -0.05) is 30.3 Å². The van der Waals surface area contributed by atoms with Crippen LogP contribution in [0.5, 0.6) is 0 Å². The van der Waals surface area contributed by atoms with Crippen molar-refractivity contribution in [3.05, 3.63) is 35.9 Å². The number of hydrogen-bond donors (Lipinski definition) is 2. The van der Waals surface area contributed by atoms with Crippen LogP contribution in [-0.4, -0.2) is 55.1 Å². The third-order valence-electron chi connectivity index (χ3n) is 4.69. The van der Waals surface area contributed by atoms with Gasteiger partial charge in [-0.15, -0.1) is 0 Å². The van der Waals surface area contributed by atoms with Crippen molar-refractivity contribution in [2.75, 3.05) is 39.5 Å². The van der Waals surface area contributed by atoms with Crippen LogP contribution in [-0.2, 0) is 0 Å². The molecule has 1 aliphatic heterocycles. The van der Waals surface area contributed by atoms with Crippen LogP contribution < -0.4 is 10.6 Å². The van der Waals surface area contributed by atoms with Gasteiger partial charge < -0.3 is 10.6 Å². The zero-order valence-corrected chi connectivity index (χ0v) is 16.3. The van der Waals surface area contributed by atoms with Crippen molar-refractivity contribution in [2.45, 2.75) is 37.5 Å². The Morgan fingerprint density at radius 3 is 2.46 bits per heavy atom. The maximum atomic E-state index is 4.38. The molecule has 1 atom stereocenters. The fourth-order valence-electron chi connectivity index (χ4n) is 2.97. The average molecular weight is 349 g/mol. The highest BCUT2D eigenvalue weighted by Gasteiger charge is 2.23. The quantitative estimate of drug-likeness (QED) is 0.587. The Labute approximate surface area is 151 Å². The van der Waals surface area contributed by atoms with E-state index in [1.807, 2.05) is 18.8 Å². The summed E-state index contributed by atoms with van der Waals surface area (Å²) in [5.41, 5.74) is 1.38. The molecule has 134 valence electrons. The summed E-state index contributed by atoms with van der Waals surface area (Å²) in [6.45, 7) is 8.64. The monoisotopic (exact) mass is 348 g/mol. The van der Waals surface area contributed by atoms with Crippen molar-refractivity contribution in [1.29, 1.82) is 0 Å². The number of nitrogens with zero attached hydrogens (tertiary/aromatic N) is 2. The molecule has 24 heavy (non-hydrogen) atoms. The second kappa shape index (κ2) is 9.33. The number of guanidine groups is 1. The number of nitrogens with one attached hydrogen (secondary N) is 2. The Hall–Kier alpha value is -1.20. The van der Waals surface area contributed by atoms with Crippen LogP contribution in [0.1, 0.15) is 38.3 Å². The first kappa shape index (κ1) is 19.1. The van der Waals surface area contributed by atoms with Gasteiger partial charge in [-0.05, 0) is 51.6 Å². The van der Waals surface area contributed by atoms with Crippen molar-refractivity contribution >= 4 is 17.7 Å². The molecule has 2 N–H and O–H groups in total. The summed E-state index contributed by atoms with van der Waals surface area (Å²) in [5.74, 6) is 0.886. The SMILES string of the molecule is CN=C(NCC(c1ccccc1)N1CCCC1)NCC(C)(C)SC. The van der Waals surface area contributed by atoms with E-state index in [9.17, 15) is 0 Å². The van der Waals surface area contributed by atoms with E-state index < -0.39 is 0 Å². The van der Waals surface area contributed by atoms with Gasteiger partial charge in [0.1, 0.15) is 0 Å². The first-order valence-corrected chi connectivity index (χ1v) is 10.1. The largest absolute Gasteiger partial charge is 0.355 e. The van der Waals surface area contributed by atoms with E-state index in [1.165, 1.54) is 31.5 Å². The van der Waals surface area contributed by atoms with Gasteiger partial charge in [-0.2, -0.15) is 11.8 Å². The minimum absolute atomic E-state index is 0.200. The molecule has 1 unspecified atom stereocenters. The Balaban J connectivity index is 1.96. The fraction of sp³-hybridized carbons (Fsp3) is 0.632. The first-order chi connectivity index (χ1) is 11.6. The second-order valence-corrected chi connectivity index (χ2v) is 8.45. The second-order valence-electron chi connectivity index (χ2n) is 6.94. The summed E-state index contributed by atoms with van der Waals surface area (Å²) < 4.78 is 0.200. The van der Waals surface area contributed by atoms with E-state index in [0.717, 1.165) is 19.0 Å². The molecule has 0 radical (unpaired) electrons. The predicted molar refractivity (Wildman–Crippen MR) is 107 cm³/mol. The molecule has 1 heterocycles. The molecule has 1 aromatic rings. The molecular formula is C19H32N4S. The van der Waals surface area contributed by atoms with Crippen molar-refractivity contribution in [3.63, 3.8) is 0 Å². The molecule has 5 heteroatoms. The third-order valence-corrected chi connectivity index (χ3v) is 5.94. The molecule has 0 aromatic heterocycles. The minimum Gasteiger partial charge on any atom is -0.355 e. The van der Waals surface area contributed by atoms with Crippen LogP contribution in [0.15, 0.2) is 35.3 Å². The molecule has 1 aromatic carbocycles. The van der Waals surface area contributed by atoms with Crippen molar-refractivity contribution in [2.24, 2.45) is 4.99 Å². The van der Waals surface area contributed by atoms with Gasteiger partial charge in [0.05, 0.1) is 6.04 Å². The molecule has 1 saturated heterocycles. The lowest BCUT2D eigenvalue weighted by Gasteiger charge is -2.29. The summed E-state index contributed by atoms with van der Waals surface area (Å²) in [7, 11) is 1.84. The molecule has 0 saturated carbocycles. The fourth-order valence-corrected chi connectivity index (χ4v) is 3.19. The number of likely N-dealkylation sites (tertiary alicyclic amines) is 1. The molecule has 2 rings (SSSR count). The van der Waals surface area contributed by atoms with Crippen molar-refractivity contribution in [1.82, 2.24) is 15.5 Å². The topological polar surface area (TPSA) is 39.7 Å². The van der Waals surface area contributed by atoms with Gasteiger partial charge in [0.2, 0.25) is 0 Å². The van der Waals surface area contributed by atoms with E-state index in [0.29, 0.717) is 6.04 Å². The van der Waals surface area contributed by atoms with Crippen molar-refractivity contribution in [3.8, 4) is 0 Å². The summed E-state index contributed by atoms with van der Waals surface area (Å²) >= 11 is 1.87. The van der Waals surface area contributed by atoms with Crippen LogP contribution >= 0.6 is 11.8 Å². The molecule has 1 aliphatic rings. The van der Waals surface area contributed by atoms with E-state index in [2.05, 4.69) is 71.0 Å². The Bertz CT molecular complexity index is 509. The van der Waals surface area contributed by atoms with Gasteiger partial charge in [0.25, 0.3) is 0 Å². The van der Waals surface area contributed by atoms with Gasteiger partial charge in [0, 0.05) is 24.9 Å². The summed E-state index contributed by atoms with van der Waals surface area (Å²) in [6.07, 6.45) is 4.76. The average Bonchev–Trinajstić information content (AvgIpc) is 3.13. The summed E-state index contributed by atoms with van der Waals surface area (Å²) in [6, 6.07) is 11.2. The highest BCUT2D eigenvalue weighted by molar-refractivity contribution is 7.99. The smallest absolute Gasteiger partial charge is 0.191 e. The van der Waals surface area contributed by atoms with E-state index in [1.54, 1.807) is 0 Å². The predicted octanol–water partition coefficient (Wildman–Crippen LogP) is 3.13. The number of hydrogen-bond acceptors (Lipinski definition) is 3. The molecule has 0 amide bonds. The standard InChI is InChI=1S/C19H32N4S/c1-19(2,24-4)15-22-18(20-3)21-14-17(23-12-8-9-13-23)16-10-6-5-7-11-16/h5-7,10-11,17H,8-9,12-15H2,1-4H3,(H2,20,21,22). The molecule has 4 nitrogen and oxygen atoms in total. The van der Waals surface area contributed by atoms with E-state index in [4.69, 9.17) is 0 Å². The van der Waals surface area contributed by atoms with Gasteiger partial charge in [-0.3, -0.25) is 9.89 Å². The number of thioether (sulfide) groups is 1. The molecule has 0 aliphatic carbocycles. The zero-order chi connectivity index (χ0) is 17.4. The summed E-state index contributed by atoms with van der Waals surface area (Å²) in [5, 5.41) is 6.99. The Morgan fingerprint density at radius 1 is 1.21 bits per heavy atom. The Kier molecular flexibility index (Phi) is 7.43. The van der Waals surface area contributed by atoms with Crippen molar-refractivity contribution < 1.29 is 0 Å². The Morgan fingerprint density at radius 2 is 1.88 bits per heavy atom. The highest BCUT2D eigenvalue weighted by Crippen LogP contribution is 2.24. The highest BCUT2D eigenvalue weighted by atomic mass is 32.2. The van der Waals surface area contributed by atoms with E-state index in [-0.39, 0.29) is 4.75 Å². The van der Waals surface area contributed by atoms with E-state index >= 15 is 0 Å². The number of aliphatic imine (C=N–C) groups is 1. The summed E-state index contributed by atoms with van der Waals surface area (Å²) in [4.78, 5) is 6.97. The van der Waals surface area contributed by atoms with Crippen LogP contribution in [0.4, 0.5) is 0 Å². The zero-order valence-electron chi connectivity index (χ0n) is 15.5. The van der Waals surface area contributed by atoms with Crippen LogP contribution in [0.3, 0.4) is 0 Å². The molecule has 0 bridgehead atoms. The van der Waals surface area contributed by atoms with Crippen LogP contribution in [0, 0.1) is 0 Å². The third kappa shape index (κ3) is 5.71. The number of benzene rings is 1. The maximum Gasteiger partial charge on any atom is 0.191 e. The maximum absolute atomic E-state index is 4.38. The lowest BCUT2D eigenvalue weighted by atomic mass is 10.1. The first-order valence-electron chi connectivity index (χ1n) is 8.84. The van der Waals surface area contributed by atoms with Gasteiger partial charge in [0.15, 0.2) is 5.96 Å².